The van der Waals surface area contributed by atoms with Crippen LogP contribution in [0.3, 0.4) is 0 Å². The van der Waals surface area contributed by atoms with Crippen molar-refractivity contribution in [1.82, 2.24) is 4.90 Å². The molecule has 0 aromatic heterocycles. The third kappa shape index (κ3) is 3.95. The number of hydrogen-bond donors (Lipinski definition) is 3. The minimum Gasteiger partial charge on any atom is -0.427 e. The molecule has 0 aromatic rings. The molecule has 0 spiro atoms. The van der Waals surface area contributed by atoms with Crippen molar-refractivity contribution in [1.29, 1.82) is 0 Å². The summed E-state index contributed by atoms with van der Waals surface area (Å²) in [7, 11) is -1.12. The van der Waals surface area contributed by atoms with E-state index in [1.165, 1.54) is 45.2 Å². The zero-order valence-corrected chi connectivity index (χ0v) is 11.3. The third-order valence-electron chi connectivity index (χ3n) is 4.65. The Bertz CT molecular complexity index is 253. The summed E-state index contributed by atoms with van der Waals surface area (Å²) < 4.78 is 0. The highest BCUT2D eigenvalue weighted by atomic mass is 16.4. The van der Waals surface area contributed by atoms with E-state index in [1.54, 1.807) is 0 Å². The Hall–Kier alpha value is -0.0951. The Morgan fingerprint density at radius 3 is 2.72 bits per heavy atom. The molecule has 0 amide bonds. The van der Waals surface area contributed by atoms with Crippen molar-refractivity contribution in [3.63, 3.8) is 0 Å². The molecule has 0 aromatic carbocycles. The van der Waals surface area contributed by atoms with Crippen LogP contribution in [0.5, 0.6) is 0 Å². The predicted molar refractivity (Wildman–Crippen MR) is 74.1 cm³/mol. The van der Waals surface area contributed by atoms with Crippen LogP contribution in [0, 0.1) is 5.92 Å². The molecule has 3 unspecified atom stereocenters. The van der Waals surface area contributed by atoms with Gasteiger partial charge >= 0.3 is 7.12 Å². The van der Waals surface area contributed by atoms with Gasteiger partial charge < -0.3 is 20.7 Å². The van der Waals surface area contributed by atoms with Crippen LogP contribution in [0.2, 0.25) is 6.32 Å². The second-order valence-electron chi connectivity index (χ2n) is 6.06. The number of likely N-dealkylation sites (tertiary alicyclic amines) is 1. The van der Waals surface area contributed by atoms with Crippen molar-refractivity contribution < 1.29 is 10.0 Å². The van der Waals surface area contributed by atoms with Crippen molar-refractivity contribution in [3.05, 3.63) is 0 Å². The zero-order chi connectivity index (χ0) is 13.0. The molecular weight excluding hydrogens is 227 g/mol. The zero-order valence-electron chi connectivity index (χ0n) is 11.3. The van der Waals surface area contributed by atoms with Gasteiger partial charge in [-0.05, 0) is 57.4 Å². The van der Waals surface area contributed by atoms with Gasteiger partial charge in [-0.25, -0.2) is 0 Å². The van der Waals surface area contributed by atoms with Gasteiger partial charge in [0.15, 0.2) is 0 Å². The van der Waals surface area contributed by atoms with Gasteiger partial charge in [-0.2, -0.15) is 0 Å². The van der Waals surface area contributed by atoms with Gasteiger partial charge in [0.1, 0.15) is 0 Å². The maximum Gasteiger partial charge on any atom is 0.451 e. The molecule has 18 heavy (non-hydrogen) atoms. The molecule has 4 N–H and O–H groups in total. The number of hydrogen-bond acceptors (Lipinski definition) is 4. The molecule has 1 saturated heterocycles. The van der Waals surface area contributed by atoms with Crippen LogP contribution in [0.1, 0.15) is 44.9 Å². The molecule has 3 atom stereocenters. The Labute approximate surface area is 111 Å². The minimum absolute atomic E-state index is 0.442. The molecule has 5 heteroatoms. The summed E-state index contributed by atoms with van der Waals surface area (Å²) in [6.45, 7) is 2.42. The quantitative estimate of drug-likeness (QED) is 0.485. The Kier molecular flexibility index (Phi) is 5.48. The van der Waals surface area contributed by atoms with E-state index in [9.17, 15) is 0 Å². The number of unbranched alkanes of at least 4 members (excludes halogenated alkanes) is 2. The molecule has 1 aliphatic carbocycles. The monoisotopic (exact) mass is 254 g/mol. The van der Waals surface area contributed by atoms with E-state index >= 15 is 0 Å². The second-order valence-corrected chi connectivity index (χ2v) is 6.06. The highest BCUT2D eigenvalue weighted by molar-refractivity contribution is 6.40. The molecule has 2 aliphatic rings. The number of nitrogens with two attached hydrogens (primary N) is 1. The molecule has 2 fully saturated rings. The fraction of sp³-hybridized carbons (Fsp3) is 1.00. The van der Waals surface area contributed by atoms with E-state index < -0.39 is 7.12 Å². The first kappa shape index (κ1) is 14.3. The van der Waals surface area contributed by atoms with Crippen molar-refractivity contribution in [2.75, 3.05) is 13.1 Å². The van der Waals surface area contributed by atoms with Gasteiger partial charge in [0.2, 0.25) is 0 Å². The lowest BCUT2D eigenvalue weighted by Gasteiger charge is -2.34. The average molecular weight is 254 g/mol. The Balaban J connectivity index is 1.62. The predicted octanol–water partition coefficient (Wildman–Crippen LogP) is 0.831. The molecule has 2 rings (SSSR count). The Morgan fingerprint density at radius 2 is 1.94 bits per heavy atom. The van der Waals surface area contributed by atoms with E-state index in [0.717, 1.165) is 24.8 Å². The summed E-state index contributed by atoms with van der Waals surface area (Å²) in [5.41, 5.74) is 6.04. The second kappa shape index (κ2) is 6.89. The fourth-order valence-corrected chi connectivity index (χ4v) is 3.67. The number of rotatable bonds is 6. The smallest absolute Gasteiger partial charge is 0.427 e. The average Bonchev–Trinajstić information content (AvgIpc) is 2.70. The van der Waals surface area contributed by atoms with E-state index in [1.807, 2.05) is 0 Å². The topological polar surface area (TPSA) is 69.7 Å². The molecule has 1 aliphatic heterocycles. The maximum absolute atomic E-state index is 8.78. The number of nitrogens with zero attached hydrogens (tertiary/aromatic N) is 1. The van der Waals surface area contributed by atoms with Crippen LogP contribution in [0.25, 0.3) is 0 Å². The van der Waals surface area contributed by atoms with Gasteiger partial charge in [-0.1, -0.05) is 12.8 Å². The summed E-state index contributed by atoms with van der Waals surface area (Å²) in [6.07, 6.45) is 8.74. The summed E-state index contributed by atoms with van der Waals surface area (Å²) in [6, 6.07) is 1.23. The molecule has 0 bridgehead atoms. The highest BCUT2D eigenvalue weighted by Crippen LogP contribution is 2.35. The first-order chi connectivity index (χ1) is 8.66. The lowest BCUT2D eigenvalue weighted by molar-refractivity contribution is 0.170. The standard InChI is InChI=1S/C13H27BN2O2/c15-12-4-5-13-11(10-12)6-9-16(13)8-3-1-2-7-14(17)18/h11-13,17-18H,1-10,15H2. The van der Waals surface area contributed by atoms with Crippen LogP contribution in [-0.4, -0.2) is 47.2 Å². The van der Waals surface area contributed by atoms with Crippen LogP contribution in [0.4, 0.5) is 0 Å². The van der Waals surface area contributed by atoms with Gasteiger partial charge in [0.25, 0.3) is 0 Å². The van der Waals surface area contributed by atoms with Crippen molar-refractivity contribution >= 4 is 7.12 Å². The van der Waals surface area contributed by atoms with E-state index in [2.05, 4.69) is 4.90 Å². The summed E-state index contributed by atoms with van der Waals surface area (Å²) in [4.78, 5) is 2.64. The highest BCUT2D eigenvalue weighted by Gasteiger charge is 2.37. The molecule has 0 radical (unpaired) electrons. The van der Waals surface area contributed by atoms with E-state index in [0.29, 0.717) is 12.4 Å². The van der Waals surface area contributed by atoms with Gasteiger partial charge in [0.05, 0.1) is 0 Å². The summed E-state index contributed by atoms with van der Waals surface area (Å²) >= 11 is 0. The maximum atomic E-state index is 8.78. The van der Waals surface area contributed by atoms with Crippen LogP contribution < -0.4 is 5.73 Å². The lowest BCUT2D eigenvalue weighted by atomic mass is 9.82. The van der Waals surface area contributed by atoms with E-state index in [-0.39, 0.29) is 0 Å². The van der Waals surface area contributed by atoms with Crippen molar-refractivity contribution in [2.24, 2.45) is 11.7 Å². The van der Waals surface area contributed by atoms with E-state index in [4.69, 9.17) is 15.8 Å². The van der Waals surface area contributed by atoms with Crippen molar-refractivity contribution in [2.45, 2.75) is 63.3 Å². The summed E-state index contributed by atoms with van der Waals surface area (Å²) in [5.74, 6) is 0.841. The van der Waals surface area contributed by atoms with Gasteiger partial charge in [0, 0.05) is 12.1 Å². The van der Waals surface area contributed by atoms with Gasteiger partial charge in [-0.15, -0.1) is 0 Å². The largest absolute Gasteiger partial charge is 0.451 e. The molecular formula is C13H27BN2O2. The molecule has 1 heterocycles. The van der Waals surface area contributed by atoms with Crippen LogP contribution >= 0.6 is 0 Å². The lowest BCUT2D eigenvalue weighted by Crippen LogP contribution is -2.40. The summed E-state index contributed by atoms with van der Waals surface area (Å²) in [5, 5.41) is 17.6. The fourth-order valence-electron chi connectivity index (χ4n) is 3.67. The molecule has 4 nitrogen and oxygen atoms in total. The molecule has 104 valence electrons. The Morgan fingerprint density at radius 1 is 1.11 bits per heavy atom. The minimum atomic E-state index is -1.12. The van der Waals surface area contributed by atoms with Gasteiger partial charge in [-0.3, -0.25) is 0 Å². The van der Waals surface area contributed by atoms with Crippen LogP contribution in [-0.2, 0) is 0 Å². The van der Waals surface area contributed by atoms with Crippen molar-refractivity contribution in [3.8, 4) is 0 Å². The first-order valence-corrected chi connectivity index (χ1v) is 7.52. The van der Waals surface area contributed by atoms with Crippen LogP contribution in [0.15, 0.2) is 0 Å². The molecule has 1 saturated carbocycles. The number of fused-ring (bicyclic) bond motifs is 1. The SMILES string of the molecule is NC1CCC2C(CCN2CCCCCB(O)O)C1. The normalized spacial score (nSPS) is 32.5. The third-order valence-corrected chi connectivity index (χ3v) is 4.65. The first-order valence-electron chi connectivity index (χ1n) is 7.52.